The summed E-state index contributed by atoms with van der Waals surface area (Å²) in [5.74, 6) is 1.67. The molecule has 1 saturated heterocycles. The summed E-state index contributed by atoms with van der Waals surface area (Å²) in [6, 6.07) is 14.9. The van der Waals surface area contributed by atoms with Crippen molar-refractivity contribution in [2.24, 2.45) is 5.92 Å². The van der Waals surface area contributed by atoms with Crippen molar-refractivity contribution >= 4 is 0 Å². The van der Waals surface area contributed by atoms with E-state index in [-0.39, 0.29) is 17.9 Å². The third-order valence-electron chi connectivity index (χ3n) is 11.4. The van der Waals surface area contributed by atoms with E-state index in [0.717, 1.165) is 63.2 Å². The largest absolute Gasteiger partial charge is 0.504 e. The van der Waals surface area contributed by atoms with Gasteiger partial charge in [-0.15, -0.1) is 0 Å². The van der Waals surface area contributed by atoms with Crippen molar-refractivity contribution in [2.75, 3.05) is 13.1 Å². The van der Waals surface area contributed by atoms with Crippen molar-refractivity contribution in [3.63, 3.8) is 0 Å². The molecule has 3 heterocycles. The van der Waals surface area contributed by atoms with E-state index in [1.807, 2.05) is 6.07 Å². The molecule has 3 aromatic rings. The van der Waals surface area contributed by atoms with Gasteiger partial charge in [-0.2, -0.15) is 0 Å². The second-order valence-corrected chi connectivity index (χ2v) is 13.3. The standard InChI is InChI=1S/C34H38N2O3/c37-27-13-12-23-18-28-34(38)19-25-24-8-4-5-9-26(24)36(16-14-21-6-2-1-3-7-21)30(25)32-33(34,29(23)31(27)39-32)15-17-35(28)20-22-10-11-22/h1-3,6-7,12-13,22,28,32,37-38H,4-5,8-11,14-20H2/t28-,32-,33-,34+/m0/s1. The fraction of sp³-hybridized carbons (Fsp3) is 0.529. The number of fused-ring (bicyclic) bond motifs is 4. The third-order valence-corrected chi connectivity index (χ3v) is 11.4. The van der Waals surface area contributed by atoms with Crippen LogP contribution in [0.25, 0.3) is 0 Å². The van der Waals surface area contributed by atoms with Gasteiger partial charge in [0.2, 0.25) is 0 Å². The molecule has 202 valence electrons. The van der Waals surface area contributed by atoms with Crippen molar-refractivity contribution in [1.29, 1.82) is 0 Å². The van der Waals surface area contributed by atoms with Crippen LogP contribution in [-0.4, -0.2) is 44.4 Å². The summed E-state index contributed by atoms with van der Waals surface area (Å²) in [5.41, 5.74) is 8.02. The highest BCUT2D eigenvalue weighted by atomic mass is 16.5. The van der Waals surface area contributed by atoms with Crippen molar-refractivity contribution in [2.45, 2.75) is 93.9 Å². The zero-order valence-electron chi connectivity index (χ0n) is 22.7. The summed E-state index contributed by atoms with van der Waals surface area (Å²) in [6.45, 7) is 3.04. The lowest BCUT2D eigenvalue weighted by molar-refractivity contribution is -0.174. The number of hydrogen-bond donors (Lipinski definition) is 2. The molecule has 39 heavy (non-hydrogen) atoms. The molecule has 2 N–H and O–H groups in total. The lowest BCUT2D eigenvalue weighted by atomic mass is 9.49. The average molecular weight is 523 g/mol. The number of ether oxygens (including phenoxy) is 1. The van der Waals surface area contributed by atoms with Crippen LogP contribution in [0.1, 0.15) is 77.4 Å². The zero-order valence-corrected chi connectivity index (χ0v) is 22.7. The first kappa shape index (κ1) is 23.0. The predicted molar refractivity (Wildman–Crippen MR) is 149 cm³/mol. The molecule has 2 aliphatic heterocycles. The van der Waals surface area contributed by atoms with Gasteiger partial charge in [0.25, 0.3) is 0 Å². The molecule has 4 aliphatic carbocycles. The Balaban J connectivity index is 1.25. The molecule has 2 bridgehead atoms. The van der Waals surface area contributed by atoms with Gasteiger partial charge in [0, 0.05) is 36.8 Å². The van der Waals surface area contributed by atoms with Crippen LogP contribution >= 0.6 is 0 Å². The highest BCUT2D eigenvalue weighted by Gasteiger charge is 2.73. The minimum Gasteiger partial charge on any atom is -0.504 e. The molecule has 0 unspecified atom stereocenters. The van der Waals surface area contributed by atoms with Gasteiger partial charge in [0.1, 0.15) is 0 Å². The second-order valence-electron chi connectivity index (χ2n) is 13.3. The quantitative estimate of drug-likeness (QED) is 0.495. The van der Waals surface area contributed by atoms with E-state index >= 15 is 0 Å². The number of aliphatic hydroxyl groups is 1. The van der Waals surface area contributed by atoms with Gasteiger partial charge in [0.05, 0.1) is 16.7 Å². The number of aromatic nitrogens is 1. The maximum absolute atomic E-state index is 13.2. The summed E-state index contributed by atoms with van der Waals surface area (Å²) in [6.07, 6.45) is 10.5. The maximum atomic E-state index is 13.2. The molecular weight excluding hydrogens is 484 g/mol. The van der Waals surface area contributed by atoms with Crippen molar-refractivity contribution < 1.29 is 14.9 Å². The molecule has 4 atom stereocenters. The summed E-state index contributed by atoms with van der Waals surface area (Å²) < 4.78 is 9.56. The molecular formula is C34H38N2O3. The third kappa shape index (κ3) is 2.93. The second kappa shape index (κ2) is 7.92. The van der Waals surface area contributed by atoms with Gasteiger partial charge in [-0.1, -0.05) is 36.4 Å². The van der Waals surface area contributed by atoms with Gasteiger partial charge >= 0.3 is 0 Å². The highest BCUT2D eigenvalue weighted by Crippen LogP contribution is 2.69. The fourth-order valence-corrected chi connectivity index (χ4v) is 9.54. The fourth-order valence-electron chi connectivity index (χ4n) is 9.54. The minimum atomic E-state index is -0.888. The van der Waals surface area contributed by atoms with Crippen LogP contribution in [0, 0.1) is 5.92 Å². The summed E-state index contributed by atoms with van der Waals surface area (Å²) in [5, 5.41) is 24.2. The minimum absolute atomic E-state index is 0.0982. The van der Waals surface area contributed by atoms with Crippen LogP contribution in [0.2, 0.25) is 0 Å². The Morgan fingerprint density at radius 2 is 1.85 bits per heavy atom. The Labute approximate surface area is 230 Å². The SMILES string of the molecule is Oc1ccc2c3c1O[C@H]1c4c(c5c(n4CCc4ccccc4)CCCC5)C[C@@]4(O)[C@H](C2)N(CC2CC2)CC[C@]314. The lowest BCUT2D eigenvalue weighted by Gasteiger charge is -2.63. The summed E-state index contributed by atoms with van der Waals surface area (Å²) >= 11 is 0. The first-order valence-electron chi connectivity index (χ1n) is 15.3. The van der Waals surface area contributed by atoms with Crippen LogP contribution in [0.15, 0.2) is 42.5 Å². The van der Waals surface area contributed by atoms with Gasteiger partial charge < -0.3 is 19.5 Å². The molecule has 2 fully saturated rings. The molecule has 1 aromatic heterocycles. The smallest absolute Gasteiger partial charge is 0.166 e. The first-order chi connectivity index (χ1) is 19.1. The Hall–Kier alpha value is -2.76. The Morgan fingerprint density at radius 3 is 2.69 bits per heavy atom. The maximum Gasteiger partial charge on any atom is 0.166 e. The number of aryl methyl sites for hydroxylation is 1. The predicted octanol–water partition coefficient (Wildman–Crippen LogP) is 5.01. The molecule has 2 aromatic carbocycles. The van der Waals surface area contributed by atoms with E-state index in [9.17, 15) is 10.2 Å². The van der Waals surface area contributed by atoms with Crippen molar-refractivity contribution in [1.82, 2.24) is 9.47 Å². The number of aromatic hydroxyl groups is 1. The molecule has 0 amide bonds. The number of nitrogens with zero attached hydrogens (tertiary/aromatic N) is 2. The Bertz CT molecular complexity index is 1490. The monoisotopic (exact) mass is 522 g/mol. The first-order valence-corrected chi connectivity index (χ1v) is 15.3. The number of likely N-dealkylation sites (tertiary alicyclic amines) is 1. The molecule has 1 saturated carbocycles. The Kier molecular flexibility index (Phi) is 4.67. The summed E-state index contributed by atoms with van der Waals surface area (Å²) in [7, 11) is 0. The van der Waals surface area contributed by atoms with E-state index in [2.05, 4.69) is 45.9 Å². The van der Waals surface area contributed by atoms with Crippen LogP contribution < -0.4 is 4.74 Å². The molecule has 6 aliphatic rings. The van der Waals surface area contributed by atoms with Crippen LogP contribution in [0.4, 0.5) is 0 Å². The van der Waals surface area contributed by atoms with Gasteiger partial charge in [0.15, 0.2) is 17.6 Å². The van der Waals surface area contributed by atoms with E-state index in [4.69, 9.17) is 4.74 Å². The van der Waals surface area contributed by atoms with E-state index in [0.29, 0.717) is 12.2 Å². The van der Waals surface area contributed by atoms with Crippen LogP contribution in [0.3, 0.4) is 0 Å². The van der Waals surface area contributed by atoms with E-state index in [1.165, 1.54) is 59.3 Å². The number of benzene rings is 2. The molecule has 1 spiro atoms. The Morgan fingerprint density at radius 1 is 1.00 bits per heavy atom. The lowest BCUT2D eigenvalue weighted by Crippen LogP contribution is -2.74. The van der Waals surface area contributed by atoms with Crippen molar-refractivity contribution in [3.8, 4) is 11.5 Å². The number of phenolic OH excluding ortho intramolecular Hbond substituents is 1. The van der Waals surface area contributed by atoms with E-state index in [1.54, 1.807) is 0 Å². The van der Waals surface area contributed by atoms with Gasteiger partial charge in [-0.3, -0.25) is 4.90 Å². The molecule has 0 radical (unpaired) electrons. The zero-order chi connectivity index (χ0) is 25.9. The van der Waals surface area contributed by atoms with Crippen molar-refractivity contribution in [3.05, 3.63) is 81.7 Å². The van der Waals surface area contributed by atoms with Crippen LogP contribution in [0.5, 0.6) is 11.5 Å². The average Bonchev–Trinajstić information content (AvgIpc) is 3.62. The molecule has 5 heteroatoms. The highest BCUT2D eigenvalue weighted by molar-refractivity contribution is 5.65. The van der Waals surface area contributed by atoms with E-state index < -0.39 is 11.0 Å². The van der Waals surface area contributed by atoms with Crippen LogP contribution in [-0.2, 0) is 44.1 Å². The van der Waals surface area contributed by atoms with Gasteiger partial charge in [-0.05, 0) is 98.6 Å². The normalized spacial score (nSPS) is 31.8. The van der Waals surface area contributed by atoms with Gasteiger partial charge in [-0.25, -0.2) is 0 Å². The number of phenols is 1. The molecule has 5 nitrogen and oxygen atoms in total. The number of rotatable bonds is 5. The number of hydrogen-bond acceptors (Lipinski definition) is 4. The number of piperidine rings is 1. The topological polar surface area (TPSA) is 57.9 Å². The molecule has 9 rings (SSSR count). The summed E-state index contributed by atoms with van der Waals surface area (Å²) in [4.78, 5) is 2.64.